The van der Waals surface area contributed by atoms with Crippen molar-refractivity contribution >= 4 is 11.4 Å². The highest BCUT2D eigenvalue weighted by molar-refractivity contribution is 5.67. The molecule has 0 amide bonds. The number of aryl methyl sites for hydroxylation is 2. The molecule has 2 rings (SSSR count). The van der Waals surface area contributed by atoms with E-state index in [1.54, 1.807) is 12.4 Å². The summed E-state index contributed by atoms with van der Waals surface area (Å²) in [6.07, 6.45) is 3.54. The van der Waals surface area contributed by atoms with Crippen molar-refractivity contribution in [1.29, 1.82) is 5.26 Å². The Morgan fingerprint density at radius 2 is 1.94 bits per heavy atom. The third-order valence-corrected chi connectivity index (χ3v) is 2.45. The zero-order valence-corrected chi connectivity index (χ0v) is 9.86. The molecular formula is C14H13N3. The van der Waals surface area contributed by atoms with E-state index in [2.05, 4.69) is 16.4 Å². The van der Waals surface area contributed by atoms with Gasteiger partial charge in [0.15, 0.2) is 0 Å². The molecule has 0 saturated heterocycles. The lowest BCUT2D eigenvalue weighted by Crippen LogP contribution is -1.95. The number of benzene rings is 1. The zero-order chi connectivity index (χ0) is 12.3. The molecule has 0 atom stereocenters. The van der Waals surface area contributed by atoms with Gasteiger partial charge in [0, 0.05) is 6.20 Å². The van der Waals surface area contributed by atoms with Crippen molar-refractivity contribution in [2.24, 2.45) is 0 Å². The Labute approximate surface area is 101 Å². The predicted molar refractivity (Wildman–Crippen MR) is 68.2 cm³/mol. The van der Waals surface area contributed by atoms with Gasteiger partial charge in [0.05, 0.1) is 23.1 Å². The van der Waals surface area contributed by atoms with E-state index >= 15 is 0 Å². The highest BCUT2D eigenvalue weighted by Crippen LogP contribution is 2.21. The van der Waals surface area contributed by atoms with Crippen LogP contribution in [0.5, 0.6) is 0 Å². The highest BCUT2D eigenvalue weighted by atomic mass is 14.9. The van der Waals surface area contributed by atoms with Gasteiger partial charge in [-0.05, 0) is 43.2 Å². The minimum atomic E-state index is 0.636. The SMILES string of the molecule is Cc1cncc(Nc2cc(C)ccc2C#N)c1. The summed E-state index contributed by atoms with van der Waals surface area (Å²) in [7, 11) is 0. The summed E-state index contributed by atoms with van der Waals surface area (Å²) in [5, 5.41) is 12.3. The quantitative estimate of drug-likeness (QED) is 0.849. The second-order valence-corrected chi connectivity index (χ2v) is 4.04. The van der Waals surface area contributed by atoms with Crippen molar-refractivity contribution in [1.82, 2.24) is 4.98 Å². The number of anilines is 2. The molecule has 1 aromatic heterocycles. The first kappa shape index (κ1) is 11.2. The van der Waals surface area contributed by atoms with Crippen LogP contribution in [0.1, 0.15) is 16.7 Å². The molecule has 3 heteroatoms. The number of rotatable bonds is 2. The molecule has 0 spiro atoms. The van der Waals surface area contributed by atoms with Crippen LogP contribution in [0.2, 0.25) is 0 Å². The van der Waals surface area contributed by atoms with Crippen LogP contribution in [-0.4, -0.2) is 4.98 Å². The van der Waals surface area contributed by atoms with Gasteiger partial charge in [0.25, 0.3) is 0 Å². The van der Waals surface area contributed by atoms with Crippen LogP contribution in [0, 0.1) is 25.2 Å². The number of aromatic nitrogens is 1. The lowest BCUT2D eigenvalue weighted by Gasteiger charge is -2.09. The maximum absolute atomic E-state index is 9.04. The van der Waals surface area contributed by atoms with Gasteiger partial charge >= 0.3 is 0 Å². The summed E-state index contributed by atoms with van der Waals surface area (Å²) in [5.74, 6) is 0. The van der Waals surface area contributed by atoms with Gasteiger partial charge < -0.3 is 5.32 Å². The van der Waals surface area contributed by atoms with E-state index in [0.717, 1.165) is 22.5 Å². The molecule has 0 radical (unpaired) electrons. The van der Waals surface area contributed by atoms with Crippen molar-refractivity contribution in [3.8, 4) is 6.07 Å². The van der Waals surface area contributed by atoms with Crippen molar-refractivity contribution in [3.63, 3.8) is 0 Å². The summed E-state index contributed by atoms with van der Waals surface area (Å²) in [6, 6.07) is 9.88. The minimum Gasteiger partial charge on any atom is -0.353 e. The number of hydrogen-bond donors (Lipinski definition) is 1. The fraction of sp³-hybridized carbons (Fsp3) is 0.143. The first-order chi connectivity index (χ1) is 8.19. The smallest absolute Gasteiger partial charge is 0.101 e. The fourth-order valence-electron chi connectivity index (χ4n) is 1.64. The van der Waals surface area contributed by atoms with E-state index in [4.69, 9.17) is 5.26 Å². The Morgan fingerprint density at radius 1 is 1.12 bits per heavy atom. The molecule has 1 N–H and O–H groups in total. The Morgan fingerprint density at radius 3 is 2.65 bits per heavy atom. The van der Waals surface area contributed by atoms with Crippen molar-refractivity contribution in [2.45, 2.75) is 13.8 Å². The van der Waals surface area contributed by atoms with Crippen LogP contribution >= 0.6 is 0 Å². The van der Waals surface area contributed by atoms with Crippen LogP contribution in [0.4, 0.5) is 11.4 Å². The lowest BCUT2D eigenvalue weighted by atomic mass is 10.1. The lowest BCUT2D eigenvalue weighted by molar-refractivity contribution is 1.26. The molecule has 84 valence electrons. The molecule has 0 fully saturated rings. The van der Waals surface area contributed by atoms with Crippen LogP contribution in [0.3, 0.4) is 0 Å². The van der Waals surface area contributed by atoms with Gasteiger partial charge in [-0.1, -0.05) is 6.07 Å². The van der Waals surface area contributed by atoms with Gasteiger partial charge in [-0.2, -0.15) is 5.26 Å². The molecule has 0 saturated carbocycles. The van der Waals surface area contributed by atoms with Crippen molar-refractivity contribution < 1.29 is 0 Å². The summed E-state index contributed by atoms with van der Waals surface area (Å²) >= 11 is 0. The van der Waals surface area contributed by atoms with Crippen LogP contribution in [-0.2, 0) is 0 Å². The highest BCUT2D eigenvalue weighted by Gasteiger charge is 2.02. The summed E-state index contributed by atoms with van der Waals surface area (Å²) in [5.41, 5.74) is 4.55. The predicted octanol–water partition coefficient (Wildman–Crippen LogP) is 3.31. The van der Waals surface area contributed by atoms with Crippen molar-refractivity contribution in [3.05, 3.63) is 53.3 Å². The first-order valence-corrected chi connectivity index (χ1v) is 5.38. The van der Waals surface area contributed by atoms with E-state index in [-0.39, 0.29) is 0 Å². The van der Waals surface area contributed by atoms with Gasteiger partial charge in [-0.25, -0.2) is 0 Å². The summed E-state index contributed by atoms with van der Waals surface area (Å²) in [4.78, 5) is 4.11. The van der Waals surface area contributed by atoms with Gasteiger partial charge in [-0.3, -0.25) is 4.98 Å². The Bertz CT molecular complexity index is 582. The molecule has 0 aliphatic heterocycles. The number of hydrogen-bond acceptors (Lipinski definition) is 3. The monoisotopic (exact) mass is 223 g/mol. The maximum atomic E-state index is 9.04. The molecule has 0 aliphatic rings. The molecule has 1 aromatic carbocycles. The average Bonchev–Trinajstić information content (AvgIpc) is 2.29. The van der Waals surface area contributed by atoms with E-state index in [1.165, 1.54) is 0 Å². The number of nitrogens with zero attached hydrogens (tertiary/aromatic N) is 2. The maximum Gasteiger partial charge on any atom is 0.101 e. The number of pyridine rings is 1. The standard InChI is InChI=1S/C14H13N3/c1-10-3-4-12(7-15)14(6-10)17-13-5-11(2)8-16-9-13/h3-6,8-9,17H,1-2H3. The largest absolute Gasteiger partial charge is 0.353 e. The Kier molecular flexibility index (Phi) is 3.06. The molecule has 0 bridgehead atoms. The van der Waals surface area contributed by atoms with E-state index < -0.39 is 0 Å². The zero-order valence-electron chi connectivity index (χ0n) is 9.86. The second kappa shape index (κ2) is 4.67. The van der Waals surface area contributed by atoms with Crippen LogP contribution < -0.4 is 5.32 Å². The van der Waals surface area contributed by atoms with Crippen molar-refractivity contribution in [2.75, 3.05) is 5.32 Å². The second-order valence-electron chi connectivity index (χ2n) is 4.04. The third kappa shape index (κ3) is 2.61. The first-order valence-electron chi connectivity index (χ1n) is 5.38. The molecule has 3 nitrogen and oxygen atoms in total. The topological polar surface area (TPSA) is 48.7 Å². The number of nitriles is 1. The van der Waals surface area contributed by atoms with E-state index in [0.29, 0.717) is 5.56 Å². The van der Waals surface area contributed by atoms with Gasteiger partial charge in [-0.15, -0.1) is 0 Å². The fourth-order valence-corrected chi connectivity index (χ4v) is 1.64. The molecule has 17 heavy (non-hydrogen) atoms. The van der Waals surface area contributed by atoms with Gasteiger partial charge in [0.1, 0.15) is 6.07 Å². The third-order valence-electron chi connectivity index (χ3n) is 2.45. The van der Waals surface area contributed by atoms with Crippen LogP contribution in [0.25, 0.3) is 0 Å². The normalized spacial score (nSPS) is 9.71. The summed E-state index contributed by atoms with van der Waals surface area (Å²) in [6.45, 7) is 3.99. The molecule has 0 aliphatic carbocycles. The molecule has 2 aromatic rings. The average molecular weight is 223 g/mol. The van der Waals surface area contributed by atoms with Crippen LogP contribution in [0.15, 0.2) is 36.7 Å². The van der Waals surface area contributed by atoms with E-state index in [9.17, 15) is 0 Å². The van der Waals surface area contributed by atoms with E-state index in [1.807, 2.05) is 38.1 Å². The Balaban J connectivity index is 2.36. The molecular weight excluding hydrogens is 210 g/mol. The Hall–Kier alpha value is -2.34. The minimum absolute atomic E-state index is 0.636. The number of nitrogens with one attached hydrogen (secondary N) is 1. The molecule has 1 heterocycles. The molecule has 0 unspecified atom stereocenters. The van der Waals surface area contributed by atoms with Gasteiger partial charge in [0.2, 0.25) is 0 Å². The summed E-state index contributed by atoms with van der Waals surface area (Å²) < 4.78 is 0.